The second kappa shape index (κ2) is 11.8. The van der Waals surface area contributed by atoms with Gasteiger partial charge in [-0.05, 0) is 92.7 Å². The van der Waals surface area contributed by atoms with Crippen LogP contribution in [0.25, 0.3) is 66.1 Å². The van der Waals surface area contributed by atoms with Crippen molar-refractivity contribution in [2.45, 2.75) is 0 Å². The summed E-state index contributed by atoms with van der Waals surface area (Å²) in [5.74, 6) is 0. The van der Waals surface area contributed by atoms with Gasteiger partial charge in [-0.1, -0.05) is 140 Å². The monoisotopic (exact) mass is 613 g/mol. The number of nitrogens with zero attached hydrogens (tertiary/aromatic N) is 1. The van der Waals surface area contributed by atoms with Crippen LogP contribution in [0.3, 0.4) is 0 Å². The number of fused-ring (bicyclic) bond motifs is 4. The molecule has 0 atom stereocenters. The van der Waals surface area contributed by atoms with E-state index in [-0.39, 0.29) is 0 Å². The summed E-state index contributed by atoms with van der Waals surface area (Å²) >= 11 is 0. The Morgan fingerprint density at radius 1 is 0.354 bits per heavy atom. The number of hydrogen-bond donors (Lipinski definition) is 0. The van der Waals surface area contributed by atoms with Gasteiger partial charge in [0.05, 0.1) is 11.1 Å². The minimum absolute atomic E-state index is 0.865. The first kappa shape index (κ1) is 27.9. The molecule has 9 aromatic rings. The third-order valence-corrected chi connectivity index (χ3v) is 9.28. The molecule has 0 fully saturated rings. The highest BCUT2D eigenvalue weighted by Crippen LogP contribution is 2.44. The Morgan fingerprint density at radius 3 is 1.56 bits per heavy atom. The highest BCUT2D eigenvalue weighted by atomic mass is 16.3. The van der Waals surface area contributed by atoms with Crippen molar-refractivity contribution in [3.05, 3.63) is 188 Å². The Hall–Kier alpha value is -6.38. The van der Waals surface area contributed by atoms with E-state index in [1.165, 1.54) is 44.2 Å². The molecule has 8 aromatic carbocycles. The maximum absolute atomic E-state index is 6.52. The summed E-state index contributed by atoms with van der Waals surface area (Å²) in [5, 5.41) is 4.66. The fourth-order valence-corrected chi connectivity index (χ4v) is 6.93. The van der Waals surface area contributed by atoms with Gasteiger partial charge in [0.1, 0.15) is 11.2 Å². The normalized spacial score (nSPS) is 11.3. The molecular formula is C46H31NO. The van der Waals surface area contributed by atoms with Gasteiger partial charge in [-0.3, -0.25) is 0 Å². The molecule has 0 radical (unpaired) electrons. The van der Waals surface area contributed by atoms with E-state index in [0.29, 0.717) is 0 Å². The molecule has 0 spiro atoms. The summed E-state index contributed by atoms with van der Waals surface area (Å²) in [6.45, 7) is 0. The van der Waals surface area contributed by atoms with Crippen LogP contribution in [-0.2, 0) is 0 Å². The van der Waals surface area contributed by atoms with Gasteiger partial charge in [-0.15, -0.1) is 0 Å². The van der Waals surface area contributed by atoms with Gasteiger partial charge in [0.2, 0.25) is 0 Å². The molecule has 0 saturated heterocycles. The zero-order chi connectivity index (χ0) is 31.9. The third-order valence-electron chi connectivity index (χ3n) is 9.28. The Morgan fingerprint density at radius 2 is 0.896 bits per heavy atom. The van der Waals surface area contributed by atoms with Gasteiger partial charge in [0, 0.05) is 16.8 Å². The molecule has 0 aliphatic carbocycles. The molecule has 2 nitrogen and oxygen atoms in total. The van der Waals surface area contributed by atoms with Gasteiger partial charge in [0.15, 0.2) is 0 Å². The van der Waals surface area contributed by atoms with E-state index in [9.17, 15) is 0 Å². The molecule has 0 amide bonds. The van der Waals surface area contributed by atoms with Crippen molar-refractivity contribution >= 4 is 49.8 Å². The van der Waals surface area contributed by atoms with Crippen LogP contribution in [0.1, 0.15) is 0 Å². The molecule has 0 aliphatic rings. The molecule has 0 saturated carbocycles. The molecule has 9 rings (SSSR count). The van der Waals surface area contributed by atoms with Crippen molar-refractivity contribution in [1.29, 1.82) is 0 Å². The van der Waals surface area contributed by atoms with E-state index in [2.05, 4.69) is 193 Å². The van der Waals surface area contributed by atoms with Gasteiger partial charge < -0.3 is 9.32 Å². The van der Waals surface area contributed by atoms with E-state index < -0.39 is 0 Å². The zero-order valence-corrected chi connectivity index (χ0v) is 26.3. The lowest BCUT2D eigenvalue weighted by Crippen LogP contribution is -2.10. The van der Waals surface area contributed by atoms with Crippen LogP contribution in [-0.4, -0.2) is 0 Å². The summed E-state index contributed by atoms with van der Waals surface area (Å²) in [5.41, 5.74) is 12.1. The molecule has 0 aliphatic heterocycles. The predicted octanol–water partition coefficient (Wildman–Crippen LogP) is 13.2. The van der Waals surface area contributed by atoms with Crippen molar-refractivity contribution in [2.24, 2.45) is 0 Å². The molecule has 48 heavy (non-hydrogen) atoms. The second-order valence-corrected chi connectivity index (χ2v) is 12.2. The van der Waals surface area contributed by atoms with Gasteiger partial charge in [-0.2, -0.15) is 0 Å². The van der Waals surface area contributed by atoms with Crippen molar-refractivity contribution in [3.63, 3.8) is 0 Å². The average Bonchev–Trinajstić information content (AvgIpc) is 3.55. The van der Waals surface area contributed by atoms with Gasteiger partial charge >= 0.3 is 0 Å². The van der Waals surface area contributed by atoms with Crippen LogP contribution in [0.2, 0.25) is 0 Å². The van der Waals surface area contributed by atoms with E-state index in [1.807, 2.05) is 0 Å². The van der Waals surface area contributed by atoms with E-state index >= 15 is 0 Å². The summed E-state index contributed by atoms with van der Waals surface area (Å²) in [4.78, 5) is 2.35. The lowest BCUT2D eigenvalue weighted by molar-refractivity contribution is 0.669. The lowest BCUT2D eigenvalue weighted by Gasteiger charge is -2.26. The smallest absolute Gasteiger partial charge is 0.137 e. The van der Waals surface area contributed by atoms with Crippen LogP contribution < -0.4 is 4.90 Å². The fourth-order valence-electron chi connectivity index (χ4n) is 6.93. The molecule has 0 N–H and O–H groups in total. The highest BCUT2D eigenvalue weighted by Gasteiger charge is 2.20. The summed E-state index contributed by atoms with van der Waals surface area (Å²) in [6.07, 6.45) is 0. The minimum atomic E-state index is 0.865. The maximum Gasteiger partial charge on any atom is 0.137 e. The predicted molar refractivity (Wildman–Crippen MR) is 202 cm³/mol. The van der Waals surface area contributed by atoms with Crippen molar-refractivity contribution in [3.8, 4) is 33.4 Å². The Kier molecular flexibility index (Phi) is 6.84. The topological polar surface area (TPSA) is 16.4 Å². The number of anilines is 3. The Labute approximate surface area is 279 Å². The molecule has 0 bridgehead atoms. The SMILES string of the molecule is c1ccc(-c2ccc(N(c3ccc(-c4ccccc4)cc3)c3cccc4oc5ccc(-c6cccc7ccccc67)cc5c34)cc2)cc1. The minimum Gasteiger partial charge on any atom is -0.456 e. The molecule has 1 heterocycles. The average molecular weight is 614 g/mol. The van der Waals surface area contributed by atoms with Gasteiger partial charge in [-0.25, -0.2) is 0 Å². The van der Waals surface area contributed by atoms with Crippen LogP contribution in [0.4, 0.5) is 17.1 Å². The summed E-state index contributed by atoms with van der Waals surface area (Å²) in [6, 6.07) is 66.8. The Bertz CT molecular complexity index is 2440. The number of furan rings is 1. The van der Waals surface area contributed by atoms with Crippen LogP contribution in [0, 0.1) is 0 Å². The maximum atomic E-state index is 6.52. The summed E-state index contributed by atoms with van der Waals surface area (Å²) in [7, 11) is 0. The Balaban J connectivity index is 1.23. The van der Waals surface area contributed by atoms with E-state index in [1.54, 1.807) is 0 Å². The third kappa shape index (κ3) is 4.92. The number of benzene rings is 8. The molecule has 1 aromatic heterocycles. The standard InChI is InChI=1S/C46H31NO/c1-3-11-32(12-4-1)34-21-26-38(27-22-34)47(39-28-23-35(24-29-39)33-13-5-2-6-14-33)43-19-10-20-45-46(43)42-31-37(25-30-44(42)48-45)41-18-9-16-36-15-7-8-17-40(36)41/h1-31H. The first-order valence-corrected chi connectivity index (χ1v) is 16.3. The lowest BCUT2D eigenvalue weighted by atomic mass is 9.96. The van der Waals surface area contributed by atoms with Crippen LogP contribution >= 0.6 is 0 Å². The quantitative estimate of drug-likeness (QED) is 0.185. The largest absolute Gasteiger partial charge is 0.456 e. The molecule has 0 unspecified atom stereocenters. The summed E-state index contributed by atoms with van der Waals surface area (Å²) < 4.78 is 6.52. The first-order chi connectivity index (χ1) is 23.8. The molecule has 2 heteroatoms. The fraction of sp³-hybridized carbons (Fsp3) is 0. The van der Waals surface area contributed by atoms with E-state index in [0.717, 1.165) is 39.0 Å². The van der Waals surface area contributed by atoms with Crippen LogP contribution in [0.15, 0.2) is 192 Å². The molecule has 226 valence electrons. The number of hydrogen-bond acceptors (Lipinski definition) is 2. The van der Waals surface area contributed by atoms with Crippen LogP contribution in [0.5, 0.6) is 0 Å². The second-order valence-electron chi connectivity index (χ2n) is 12.2. The highest BCUT2D eigenvalue weighted by molar-refractivity contribution is 6.14. The van der Waals surface area contributed by atoms with E-state index in [4.69, 9.17) is 4.42 Å². The molecular weight excluding hydrogens is 583 g/mol. The number of rotatable bonds is 6. The van der Waals surface area contributed by atoms with Crippen molar-refractivity contribution < 1.29 is 4.42 Å². The first-order valence-electron chi connectivity index (χ1n) is 16.3. The van der Waals surface area contributed by atoms with Crippen molar-refractivity contribution in [1.82, 2.24) is 0 Å². The zero-order valence-electron chi connectivity index (χ0n) is 26.3. The van der Waals surface area contributed by atoms with Gasteiger partial charge in [0.25, 0.3) is 0 Å². The van der Waals surface area contributed by atoms with Crippen molar-refractivity contribution in [2.75, 3.05) is 4.90 Å².